The molecular formula is C69H103N10+5. The predicted octanol–water partition coefficient (Wildman–Crippen LogP) is 13.3. The zero-order valence-corrected chi connectivity index (χ0v) is 55.0. The van der Waals surface area contributed by atoms with Crippen LogP contribution in [0.5, 0.6) is 0 Å². The molecule has 0 bridgehead atoms. The zero-order valence-electron chi connectivity index (χ0n) is 55.0. The van der Waals surface area contributed by atoms with Crippen molar-refractivity contribution in [3.63, 3.8) is 0 Å². The summed E-state index contributed by atoms with van der Waals surface area (Å²) in [5.41, 5.74) is 33.3. The van der Waals surface area contributed by atoms with E-state index in [9.17, 15) is 0 Å². The number of hydrogen-bond acceptors (Lipinski definition) is 0. The van der Waals surface area contributed by atoms with E-state index in [4.69, 9.17) is 0 Å². The van der Waals surface area contributed by atoms with Crippen LogP contribution < -0.4 is 22.8 Å². The quantitative estimate of drug-likeness (QED) is 0.154. The van der Waals surface area contributed by atoms with Gasteiger partial charge >= 0.3 is 0 Å². The Morgan fingerprint density at radius 1 is 0.304 bits per heavy atom. The smallest absolute Gasteiger partial charge is 0.230 e. The molecule has 0 aliphatic rings. The van der Waals surface area contributed by atoms with Crippen molar-refractivity contribution in [1.29, 1.82) is 0 Å². The van der Waals surface area contributed by atoms with Crippen LogP contribution in [-0.2, 0) is 68.0 Å². The summed E-state index contributed by atoms with van der Waals surface area (Å²) in [4.78, 5) is 0. The van der Waals surface area contributed by atoms with Crippen LogP contribution in [-0.4, -0.2) is 22.8 Å². The van der Waals surface area contributed by atoms with Gasteiger partial charge in [0.25, 0.3) is 29.1 Å². The van der Waals surface area contributed by atoms with Crippen molar-refractivity contribution >= 4 is 55.2 Å². The first-order valence-corrected chi connectivity index (χ1v) is 29.3. The van der Waals surface area contributed by atoms with Gasteiger partial charge in [-0.3, -0.25) is 0 Å². The normalized spacial score (nSPS) is 11.4. The summed E-state index contributed by atoms with van der Waals surface area (Å²) in [7, 11) is 10.8. The standard InChI is InChI=1S/4C14H21N2.C13H19N2/c1-7-16-12(5)15(6)14-11(4)10(3)9(2)8-13(14)16;1-7-16-12(5)15(6)13-8-9(2)10(3)11(4)14(13)16;1-7-16-12(5)15(6)14-11(4)9(2)8-10(3)13(14)16;1-7-16-12(5)15(6)13-10(3)8-9(2)11(4)14(13)16;1-6-15-11(4)14(5)12-8-7-9(2)10(3)13(12)15/h4*8H,7H2,1-6H3;7-8H,6H2,1-5H3/q5*+1. The van der Waals surface area contributed by atoms with Crippen LogP contribution in [0.3, 0.4) is 0 Å². The third-order valence-electron chi connectivity index (χ3n) is 18.9. The lowest BCUT2D eigenvalue weighted by molar-refractivity contribution is -0.675. The van der Waals surface area contributed by atoms with Gasteiger partial charge in [-0.25, -0.2) is 45.7 Å². The minimum Gasteiger partial charge on any atom is -0.230 e. The lowest BCUT2D eigenvalue weighted by Crippen LogP contribution is -2.35. The van der Waals surface area contributed by atoms with Crippen molar-refractivity contribution in [3.05, 3.63) is 143 Å². The fourth-order valence-electron chi connectivity index (χ4n) is 12.8. The van der Waals surface area contributed by atoms with Gasteiger partial charge in [0, 0.05) is 73.6 Å². The summed E-state index contributed by atoms with van der Waals surface area (Å²) >= 11 is 0. The van der Waals surface area contributed by atoms with E-state index in [-0.39, 0.29) is 0 Å². The van der Waals surface area contributed by atoms with E-state index < -0.39 is 0 Å². The van der Waals surface area contributed by atoms with E-state index in [1.165, 1.54) is 162 Å². The van der Waals surface area contributed by atoms with Crippen molar-refractivity contribution in [1.82, 2.24) is 22.8 Å². The van der Waals surface area contributed by atoms with E-state index in [1.54, 1.807) is 0 Å². The molecule has 5 heterocycles. The fourth-order valence-corrected chi connectivity index (χ4v) is 12.8. The summed E-state index contributed by atoms with van der Waals surface area (Å²) < 4.78 is 23.5. The first kappa shape index (κ1) is 61.7. The molecule has 0 radical (unpaired) electrons. The number of nitrogens with zero attached hydrogens (tertiary/aromatic N) is 10. The topological polar surface area (TPSA) is 44.0 Å². The minimum absolute atomic E-state index is 1.03. The minimum atomic E-state index is 1.03. The van der Waals surface area contributed by atoms with Crippen molar-refractivity contribution in [2.24, 2.45) is 35.2 Å². The number of rotatable bonds is 5. The first-order chi connectivity index (χ1) is 37.0. The molecular weight excluding hydrogens is 969 g/mol. The van der Waals surface area contributed by atoms with Crippen LogP contribution in [0.4, 0.5) is 0 Å². The fraction of sp³-hybridized carbons (Fsp3) is 0.493. The van der Waals surface area contributed by atoms with E-state index in [1.807, 2.05) is 0 Å². The highest BCUT2D eigenvalue weighted by Gasteiger charge is 2.26. The lowest BCUT2D eigenvalue weighted by atomic mass is 10.0. The molecule has 0 saturated carbocycles. The van der Waals surface area contributed by atoms with Crippen LogP contribution in [0.25, 0.3) is 55.2 Å². The maximum absolute atomic E-state index is 2.41. The number of imidazole rings is 5. The van der Waals surface area contributed by atoms with Crippen LogP contribution >= 0.6 is 0 Å². The summed E-state index contributed by atoms with van der Waals surface area (Å²) in [6.45, 7) is 58.1. The monoisotopic (exact) mass is 1070 g/mol. The Balaban J connectivity index is 0.000000160. The third-order valence-corrected chi connectivity index (χ3v) is 18.9. The van der Waals surface area contributed by atoms with Gasteiger partial charge < -0.3 is 0 Å². The van der Waals surface area contributed by atoms with E-state index in [0.29, 0.717) is 0 Å². The molecule has 0 N–H and O–H groups in total. The first-order valence-electron chi connectivity index (χ1n) is 29.3. The SMILES string of the molecule is CC[n+]1c(C)n(C)c2cc(C)c(C)c(C)c21.CC[n+]1c(C)n(C)c2ccc(C)c(C)c21.CCn1c(C)[n+](C)c2c(C)c(C)c(C)cc21.CCn1c(C)[n+](C)c2c(C)c(C)cc(C)c21.CCn1c(C)[n+](C)c2c(C)cc(C)c(C)c21. The predicted molar refractivity (Wildman–Crippen MR) is 334 cm³/mol. The molecule has 0 unspecified atom stereocenters. The molecule has 0 fully saturated rings. The maximum atomic E-state index is 2.41. The van der Waals surface area contributed by atoms with Gasteiger partial charge in [0.2, 0.25) is 0 Å². The molecule has 10 nitrogen and oxygen atoms in total. The molecule has 10 heteroatoms. The molecule has 79 heavy (non-hydrogen) atoms. The largest absolute Gasteiger partial charge is 0.254 e. The van der Waals surface area contributed by atoms with Crippen LogP contribution in [0.2, 0.25) is 0 Å². The molecule has 424 valence electrons. The molecule has 0 atom stereocenters. The second-order valence-electron chi connectivity index (χ2n) is 22.9. The third kappa shape index (κ3) is 10.6. The van der Waals surface area contributed by atoms with Crippen molar-refractivity contribution in [2.75, 3.05) is 0 Å². The van der Waals surface area contributed by atoms with Crippen LogP contribution in [0.1, 0.15) is 142 Å². The Labute approximate surface area is 476 Å². The van der Waals surface area contributed by atoms with Gasteiger partial charge in [-0.1, -0.05) is 18.2 Å². The van der Waals surface area contributed by atoms with Gasteiger partial charge in [-0.15, -0.1) is 0 Å². The zero-order chi connectivity index (χ0) is 59.3. The number of aryl methyl sites for hydroxylation is 22. The summed E-state index contributed by atoms with van der Waals surface area (Å²) in [5.74, 6) is 6.63. The average molecular weight is 1070 g/mol. The lowest BCUT2D eigenvalue weighted by Gasteiger charge is -2.04. The molecule has 0 amide bonds. The van der Waals surface area contributed by atoms with Crippen LogP contribution in [0, 0.1) is 132 Å². The van der Waals surface area contributed by atoms with Gasteiger partial charge in [-0.05, 0) is 189 Å². The van der Waals surface area contributed by atoms with E-state index in [2.05, 4.69) is 283 Å². The second-order valence-corrected chi connectivity index (χ2v) is 22.9. The highest BCUT2D eigenvalue weighted by molar-refractivity contribution is 5.83. The highest BCUT2D eigenvalue weighted by atomic mass is 15.2. The summed E-state index contributed by atoms with van der Waals surface area (Å²) in [6.07, 6.45) is 0. The van der Waals surface area contributed by atoms with Gasteiger partial charge in [0.1, 0.15) is 0 Å². The second kappa shape index (κ2) is 24.0. The number of aromatic nitrogens is 10. The molecule has 0 spiro atoms. The molecule has 5 aromatic carbocycles. The number of hydrogen-bond donors (Lipinski definition) is 0. The van der Waals surface area contributed by atoms with Crippen molar-refractivity contribution < 1.29 is 22.8 Å². The van der Waals surface area contributed by atoms with Crippen molar-refractivity contribution in [2.45, 2.75) is 199 Å². The van der Waals surface area contributed by atoms with Gasteiger partial charge in [-0.2, -0.15) is 0 Å². The van der Waals surface area contributed by atoms with E-state index >= 15 is 0 Å². The molecule has 0 saturated heterocycles. The van der Waals surface area contributed by atoms with E-state index in [0.717, 1.165) is 32.7 Å². The van der Waals surface area contributed by atoms with Gasteiger partial charge in [0.15, 0.2) is 55.2 Å². The maximum Gasteiger partial charge on any atom is 0.254 e. The Kier molecular flexibility index (Phi) is 18.8. The molecule has 0 aliphatic carbocycles. The average Bonchev–Trinajstić information content (AvgIpc) is 4.16. The Morgan fingerprint density at radius 3 is 1.19 bits per heavy atom. The highest BCUT2D eigenvalue weighted by Crippen LogP contribution is 2.28. The summed E-state index contributed by atoms with van der Waals surface area (Å²) in [6, 6.07) is 13.6. The van der Waals surface area contributed by atoms with Crippen LogP contribution in [0.15, 0.2) is 36.4 Å². The Morgan fingerprint density at radius 2 is 0.684 bits per heavy atom. The number of benzene rings is 5. The molecule has 5 aromatic heterocycles. The van der Waals surface area contributed by atoms with Gasteiger partial charge in [0.05, 0.1) is 68.0 Å². The molecule has 0 aliphatic heterocycles. The summed E-state index contributed by atoms with van der Waals surface area (Å²) in [5, 5.41) is 0. The molecule has 10 rings (SSSR count). The Bertz CT molecular complexity index is 3950. The number of fused-ring (bicyclic) bond motifs is 5. The van der Waals surface area contributed by atoms with Crippen molar-refractivity contribution in [3.8, 4) is 0 Å². The molecule has 10 aromatic rings. The Hall–Kier alpha value is -6.55.